The third-order valence-electron chi connectivity index (χ3n) is 3.40. The Morgan fingerprint density at radius 3 is 2.65 bits per heavy atom. The largest absolute Gasteiger partial charge is 0.481 e. The second-order valence-corrected chi connectivity index (χ2v) is 4.75. The van der Waals surface area contributed by atoms with Crippen molar-refractivity contribution in [2.24, 2.45) is 0 Å². The molecule has 17 heavy (non-hydrogen) atoms. The molecule has 0 saturated carbocycles. The number of hydrogen-bond acceptors (Lipinski definition) is 2. The van der Waals surface area contributed by atoms with Crippen LogP contribution in [0, 0.1) is 0 Å². The van der Waals surface area contributed by atoms with Gasteiger partial charge in [0.15, 0.2) is 0 Å². The summed E-state index contributed by atoms with van der Waals surface area (Å²) >= 11 is 0. The highest BCUT2D eigenvalue weighted by Gasteiger charge is 2.19. The SMILES string of the molecule is CC(CC(=O)O)c1ccccc1N1CCCC1. The monoisotopic (exact) mass is 233 g/mol. The van der Waals surface area contributed by atoms with Crippen molar-refractivity contribution < 1.29 is 9.90 Å². The number of benzene rings is 1. The summed E-state index contributed by atoms with van der Waals surface area (Å²) in [6, 6.07) is 8.19. The first kappa shape index (κ1) is 12.0. The first-order valence-corrected chi connectivity index (χ1v) is 6.24. The average molecular weight is 233 g/mol. The molecule has 0 radical (unpaired) electrons. The molecule has 1 saturated heterocycles. The fourth-order valence-corrected chi connectivity index (χ4v) is 2.52. The standard InChI is InChI=1S/C14H19NO2/c1-11(10-14(16)17)12-6-2-3-7-13(12)15-8-4-5-9-15/h2-3,6-7,11H,4-5,8-10H2,1H3,(H,16,17). The maximum atomic E-state index is 10.8. The number of carboxylic acid groups (broad SMARTS) is 1. The lowest BCUT2D eigenvalue weighted by molar-refractivity contribution is -0.137. The fraction of sp³-hybridized carbons (Fsp3) is 0.500. The van der Waals surface area contributed by atoms with E-state index >= 15 is 0 Å². The minimum atomic E-state index is -0.728. The van der Waals surface area contributed by atoms with Gasteiger partial charge in [-0.3, -0.25) is 4.79 Å². The Hall–Kier alpha value is -1.51. The smallest absolute Gasteiger partial charge is 0.303 e. The lowest BCUT2D eigenvalue weighted by Crippen LogP contribution is -2.20. The molecule has 0 spiro atoms. The zero-order valence-corrected chi connectivity index (χ0v) is 10.2. The Balaban J connectivity index is 2.23. The second kappa shape index (κ2) is 5.21. The van der Waals surface area contributed by atoms with Crippen molar-refractivity contribution >= 4 is 11.7 Å². The summed E-state index contributed by atoms with van der Waals surface area (Å²) < 4.78 is 0. The van der Waals surface area contributed by atoms with Crippen LogP contribution in [0.4, 0.5) is 5.69 Å². The molecule has 0 amide bonds. The van der Waals surface area contributed by atoms with Gasteiger partial charge in [-0.15, -0.1) is 0 Å². The third kappa shape index (κ3) is 2.78. The maximum Gasteiger partial charge on any atom is 0.303 e. The maximum absolute atomic E-state index is 10.8. The highest BCUT2D eigenvalue weighted by atomic mass is 16.4. The summed E-state index contributed by atoms with van der Waals surface area (Å²) in [6.07, 6.45) is 2.67. The van der Waals surface area contributed by atoms with Gasteiger partial charge in [-0.2, -0.15) is 0 Å². The van der Waals surface area contributed by atoms with E-state index < -0.39 is 5.97 Å². The lowest BCUT2D eigenvalue weighted by Gasteiger charge is -2.23. The van der Waals surface area contributed by atoms with Crippen LogP contribution in [0.2, 0.25) is 0 Å². The number of aliphatic carboxylic acids is 1. The molecule has 1 atom stereocenters. The van der Waals surface area contributed by atoms with E-state index in [2.05, 4.69) is 17.0 Å². The molecule has 1 aliphatic heterocycles. The van der Waals surface area contributed by atoms with Crippen LogP contribution in [0.15, 0.2) is 24.3 Å². The van der Waals surface area contributed by atoms with E-state index in [0.717, 1.165) is 18.7 Å². The summed E-state index contributed by atoms with van der Waals surface area (Å²) in [5.74, 6) is -0.655. The molecule has 2 rings (SSSR count). The minimum absolute atomic E-state index is 0.0734. The molecule has 0 aliphatic carbocycles. The molecule has 0 aromatic heterocycles. The average Bonchev–Trinajstić information content (AvgIpc) is 2.81. The molecule has 1 aliphatic rings. The highest BCUT2D eigenvalue weighted by Crippen LogP contribution is 2.31. The van der Waals surface area contributed by atoms with Crippen LogP contribution in [0.1, 0.15) is 37.7 Å². The fourth-order valence-electron chi connectivity index (χ4n) is 2.52. The van der Waals surface area contributed by atoms with E-state index in [4.69, 9.17) is 5.11 Å². The number of carbonyl (C=O) groups is 1. The van der Waals surface area contributed by atoms with E-state index in [9.17, 15) is 4.79 Å². The van der Waals surface area contributed by atoms with Crippen molar-refractivity contribution in [3.05, 3.63) is 29.8 Å². The number of rotatable bonds is 4. The number of para-hydroxylation sites is 1. The van der Waals surface area contributed by atoms with Gasteiger partial charge in [0.25, 0.3) is 0 Å². The van der Waals surface area contributed by atoms with Crippen molar-refractivity contribution in [3.8, 4) is 0 Å². The quantitative estimate of drug-likeness (QED) is 0.869. The van der Waals surface area contributed by atoms with E-state index in [1.807, 2.05) is 19.1 Å². The van der Waals surface area contributed by atoms with E-state index in [-0.39, 0.29) is 12.3 Å². The van der Waals surface area contributed by atoms with Crippen LogP contribution in [0.25, 0.3) is 0 Å². The molecule has 1 heterocycles. The Morgan fingerprint density at radius 1 is 1.35 bits per heavy atom. The van der Waals surface area contributed by atoms with Gasteiger partial charge in [0.1, 0.15) is 0 Å². The molecule has 3 nitrogen and oxygen atoms in total. The summed E-state index contributed by atoms with van der Waals surface area (Å²) in [7, 11) is 0. The molecule has 1 aromatic carbocycles. The molecule has 3 heteroatoms. The molecule has 1 unspecified atom stereocenters. The van der Waals surface area contributed by atoms with Gasteiger partial charge >= 0.3 is 5.97 Å². The zero-order valence-electron chi connectivity index (χ0n) is 10.2. The van der Waals surface area contributed by atoms with Crippen LogP contribution in [-0.2, 0) is 4.79 Å². The van der Waals surface area contributed by atoms with Crippen LogP contribution in [0.5, 0.6) is 0 Å². The summed E-state index contributed by atoms with van der Waals surface area (Å²) in [6.45, 7) is 4.18. The van der Waals surface area contributed by atoms with Crippen molar-refractivity contribution in [1.29, 1.82) is 0 Å². The topological polar surface area (TPSA) is 40.5 Å². The van der Waals surface area contributed by atoms with Gasteiger partial charge in [-0.1, -0.05) is 25.1 Å². The van der Waals surface area contributed by atoms with Gasteiger partial charge in [-0.05, 0) is 30.4 Å². The van der Waals surface area contributed by atoms with Crippen molar-refractivity contribution in [1.82, 2.24) is 0 Å². The zero-order chi connectivity index (χ0) is 12.3. The molecule has 0 bridgehead atoms. The molecule has 1 fully saturated rings. The molecule has 92 valence electrons. The molecular formula is C14H19NO2. The van der Waals surface area contributed by atoms with Crippen molar-refractivity contribution in [2.75, 3.05) is 18.0 Å². The third-order valence-corrected chi connectivity index (χ3v) is 3.40. The van der Waals surface area contributed by atoms with Crippen molar-refractivity contribution in [3.63, 3.8) is 0 Å². The van der Waals surface area contributed by atoms with Gasteiger partial charge in [-0.25, -0.2) is 0 Å². The normalized spacial score (nSPS) is 17.1. The van der Waals surface area contributed by atoms with Crippen molar-refractivity contribution in [2.45, 2.75) is 32.1 Å². The number of nitrogens with zero attached hydrogens (tertiary/aromatic N) is 1. The lowest BCUT2D eigenvalue weighted by atomic mass is 9.95. The molecular weight excluding hydrogens is 214 g/mol. The predicted molar refractivity (Wildman–Crippen MR) is 68.6 cm³/mol. The van der Waals surface area contributed by atoms with E-state index in [1.165, 1.54) is 18.5 Å². The highest BCUT2D eigenvalue weighted by molar-refractivity contribution is 5.69. The predicted octanol–water partition coefficient (Wildman–Crippen LogP) is 2.87. The second-order valence-electron chi connectivity index (χ2n) is 4.75. The minimum Gasteiger partial charge on any atom is -0.481 e. The summed E-state index contributed by atoms with van der Waals surface area (Å²) in [5, 5.41) is 8.89. The number of hydrogen-bond donors (Lipinski definition) is 1. The first-order chi connectivity index (χ1) is 8.18. The molecule has 1 aromatic rings. The molecule has 1 N–H and O–H groups in total. The number of carboxylic acids is 1. The Labute approximate surface area is 102 Å². The first-order valence-electron chi connectivity index (χ1n) is 6.24. The van der Waals surface area contributed by atoms with Crippen LogP contribution in [-0.4, -0.2) is 24.2 Å². The van der Waals surface area contributed by atoms with E-state index in [0.29, 0.717) is 0 Å². The van der Waals surface area contributed by atoms with E-state index in [1.54, 1.807) is 0 Å². The van der Waals surface area contributed by atoms with Gasteiger partial charge in [0.2, 0.25) is 0 Å². The Morgan fingerprint density at radius 2 is 2.00 bits per heavy atom. The van der Waals surface area contributed by atoms with Crippen LogP contribution < -0.4 is 4.90 Å². The number of anilines is 1. The Kier molecular flexibility index (Phi) is 3.67. The summed E-state index contributed by atoms with van der Waals surface area (Å²) in [5.41, 5.74) is 2.38. The van der Waals surface area contributed by atoms with Gasteiger partial charge in [0.05, 0.1) is 6.42 Å². The van der Waals surface area contributed by atoms with Gasteiger partial charge < -0.3 is 10.0 Å². The van der Waals surface area contributed by atoms with Crippen LogP contribution in [0.3, 0.4) is 0 Å². The summed E-state index contributed by atoms with van der Waals surface area (Å²) in [4.78, 5) is 13.2. The Bertz CT molecular complexity index is 397. The van der Waals surface area contributed by atoms with Gasteiger partial charge in [0, 0.05) is 18.8 Å². The van der Waals surface area contributed by atoms with Crippen LogP contribution >= 0.6 is 0 Å².